The van der Waals surface area contributed by atoms with Gasteiger partial charge in [-0.15, -0.1) is 0 Å². The Hall–Kier alpha value is -1.49. The van der Waals surface area contributed by atoms with Gasteiger partial charge in [-0.05, 0) is 20.8 Å². The quantitative estimate of drug-likeness (QED) is 0.808. The molecule has 0 bridgehead atoms. The first-order valence-corrected chi connectivity index (χ1v) is 5.33. The number of nitrogens with zero attached hydrogens (tertiary/aromatic N) is 3. The number of amides is 1. The van der Waals surface area contributed by atoms with E-state index in [0.717, 1.165) is 5.69 Å². The highest BCUT2D eigenvalue weighted by Gasteiger charge is 2.20. The topological polar surface area (TPSA) is 72.1 Å². The molecule has 1 aromatic heterocycles. The molecule has 0 radical (unpaired) electrons. The van der Waals surface area contributed by atoms with Gasteiger partial charge in [0.05, 0.1) is 24.5 Å². The van der Waals surface area contributed by atoms with Gasteiger partial charge < -0.3 is 10.6 Å². The van der Waals surface area contributed by atoms with Crippen LogP contribution in [0, 0.1) is 0 Å². The summed E-state index contributed by atoms with van der Waals surface area (Å²) in [6, 6.07) is -0.389. The molecule has 0 spiro atoms. The van der Waals surface area contributed by atoms with Crippen molar-refractivity contribution in [2.75, 3.05) is 0 Å². The van der Waals surface area contributed by atoms with E-state index in [1.54, 1.807) is 30.4 Å². The minimum atomic E-state index is -0.487. The fraction of sp³-hybridized carbons (Fsp3) is 0.545. The summed E-state index contributed by atoms with van der Waals surface area (Å²) in [7, 11) is 0. The van der Waals surface area contributed by atoms with E-state index in [-0.39, 0.29) is 11.9 Å². The Morgan fingerprint density at radius 2 is 2.12 bits per heavy atom. The van der Waals surface area contributed by atoms with Gasteiger partial charge in [0, 0.05) is 18.4 Å². The third kappa shape index (κ3) is 3.27. The highest BCUT2D eigenvalue weighted by atomic mass is 16.2. The summed E-state index contributed by atoms with van der Waals surface area (Å²) in [6.45, 7) is 6.05. The lowest BCUT2D eigenvalue weighted by atomic mass is 10.2. The monoisotopic (exact) mass is 222 g/mol. The predicted octanol–water partition coefficient (Wildman–Crippen LogP) is 0.561. The Labute approximate surface area is 95.7 Å². The van der Waals surface area contributed by atoms with E-state index >= 15 is 0 Å². The summed E-state index contributed by atoms with van der Waals surface area (Å²) in [6.07, 6.45) is 4.88. The molecule has 16 heavy (non-hydrogen) atoms. The van der Waals surface area contributed by atoms with Crippen LogP contribution in [-0.4, -0.2) is 32.9 Å². The van der Waals surface area contributed by atoms with E-state index in [1.807, 2.05) is 13.8 Å². The Kier molecular flexibility index (Phi) is 4.37. The van der Waals surface area contributed by atoms with Crippen LogP contribution >= 0.6 is 0 Å². The minimum Gasteiger partial charge on any atom is -0.333 e. The number of hydrogen-bond donors (Lipinski definition) is 1. The second-order valence-electron chi connectivity index (χ2n) is 4.05. The molecule has 0 aliphatic rings. The molecule has 0 aliphatic carbocycles. The lowest BCUT2D eigenvalue weighted by Gasteiger charge is -2.27. The van der Waals surface area contributed by atoms with Gasteiger partial charge in [-0.1, -0.05) is 0 Å². The molecule has 1 atom stereocenters. The van der Waals surface area contributed by atoms with E-state index in [9.17, 15) is 4.79 Å². The first kappa shape index (κ1) is 12.6. The van der Waals surface area contributed by atoms with Crippen molar-refractivity contribution in [2.45, 2.75) is 39.4 Å². The minimum absolute atomic E-state index is 0.0688. The summed E-state index contributed by atoms with van der Waals surface area (Å²) in [5.74, 6) is -0.0688. The van der Waals surface area contributed by atoms with Crippen LogP contribution in [0.25, 0.3) is 0 Å². The maximum Gasteiger partial charge on any atom is 0.239 e. The van der Waals surface area contributed by atoms with Crippen LogP contribution in [-0.2, 0) is 11.3 Å². The zero-order valence-corrected chi connectivity index (χ0v) is 9.92. The fourth-order valence-electron chi connectivity index (χ4n) is 1.36. The molecule has 1 rings (SSSR count). The van der Waals surface area contributed by atoms with Crippen molar-refractivity contribution in [3.63, 3.8) is 0 Å². The Balaban J connectivity index is 2.77. The molecule has 0 aromatic carbocycles. The van der Waals surface area contributed by atoms with Gasteiger partial charge >= 0.3 is 0 Å². The largest absolute Gasteiger partial charge is 0.333 e. The zero-order chi connectivity index (χ0) is 12.1. The van der Waals surface area contributed by atoms with E-state index in [1.165, 1.54) is 0 Å². The molecule has 5 nitrogen and oxygen atoms in total. The smallest absolute Gasteiger partial charge is 0.239 e. The molecule has 0 saturated carbocycles. The molecule has 1 unspecified atom stereocenters. The number of nitrogens with two attached hydrogens (primary N) is 1. The molecule has 5 heteroatoms. The van der Waals surface area contributed by atoms with Gasteiger partial charge in [0.25, 0.3) is 0 Å². The standard InChI is InChI=1S/C11H18N4O/c1-8(2)15(11(16)9(3)12)7-10-6-13-4-5-14-10/h4-6,8-9H,7,12H2,1-3H3. The maximum atomic E-state index is 11.8. The van der Waals surface area contributed by atoms with E-state index < -0.39 is 6.04 Å². The lowest BCUT2D eigenvalue weighted by Crippen LogP contribution is -2.45. The predicted molar refractivity (Wildman–Crippen MR) is 61.4 cm³/mol. The van der Waals surface area contributed by atoms with Crippen molar-refractivity contribution in [1.29, 1.82) is 0 Å². The highest BCUT2D eigenvalue weighted by molar-refractivity contribution is 5.81. The van der Waals surface area contributed by atoms with Crippen molar-refractivity contribution < 1.29 is 4.79 Å². The lowest BCUT2D eigenvalue weighted by molar-refractivity contribution is -0.134. The second kappa shape index (κ2) is 5.55. The fourth-order valence-corrected chi connectivity index (χ4v) is 1.36. The van der Waals surface area contributed by atoms with Gasteiger partial charge in [-0.3, -0.25) is 14.8 Å². The highest BCUT2D eigenvalue weighted by Crippen LogP contribution is 2.06. The summed E-state index contributed by atoms with van der Waals surface area (Å²) in [4.78, 5) is 21.7. The number of rotatable bonds is 4. The third-order valence-electron chi connectivity index (χ3n) is 2.24. The van der Waals surface area contributed by atoms with Gasteiger partial charge in [0.2, 0.25) is 5.91 Å². The van der Waals surface area contributed by atoms with Crippen LogP contribution in [0.3, 0.4) is 0 Å². The molecule has 1 amide bonds. The molecule has 88 valence electrons. The van der Waals surface area contributed by atoms with Crippen LogP contribution in [0.2, 0.25) is 0 Å². The summed E-state index contributed by atoms with van der Waals surface area (Å²) in [5, 5.41) is 0. The summed E-state index contributed by atoms with van der Waals surface area (Å²) >= 11 is 0. The first-order valence-electron chi connectivity index (χ1n) is 5.33. The van der Waals surface area contributed by atoms with Crippen molar-refractivity contribution in [3.8, 4) is 0 Å². The molecular formula is C11H18N4O. The van der Waals surface area contributed by atoms with Crippen molar-refractivity contribution in [3.05, 3.63) is 24.3 Å². The molecule has 0 saturated heterocycles. The second-order valence-corrected chi connectivity index (χ2v) is 4.05. The summed E-state index contributed by atoms with van der Waals surface area (Å²) in [5.41, 5.74) is 6.37. The number of carbonyl (C=O) groups is 1. The van der Waals surface area contributed by atoms with E-state index in [2.05, 4.69) is 9.97 Å². The van der Waals surface area contributed by atoms with E-state index in [4.69, 9.17) is 5.73 Å². The number of hydrogen-bond acceptors (Lipinski definition) is 4. The Morgan fingerprint density at radius 1 is 1.44 bits per heavy atom. The third-order valence-corrected chi connectivity index (χ3v) is 2.24. The van der Waals surface area contributed by atoms with Gasteiger partial charge in [-0.2, -0.15) is 0 Å². The van der Waals surface area contributed by atoms with Crippen molar-refractivity contribution in [2.24, 2.45) is 5.73 Å². The van der Waals surface area contributed by atoms with Gasteiger partial charge in [-0.25, -0.2) is 0 Å². The molecule has 1 aromatic rings. The average molecular weight is 222 g/mol. The van der Waals surface area contributed by atoms with Crippen molar-refractivity contribution >= 4 is 5.91 Å². The van der Waals surface area contributed by atoms with Crippen LogP contribution in [0.1, 0.15) is 26.5 Å². The van der Waals surface area contributed by atoms with Crippen LogP contribution < -0.4 is 5.73 Å². The molecule has 0 fully saturated rings. The average Bonchev–Trinajstić information content (AvgIpc) is 2.26. The van der Waals surface area contributed by atoms with Crippen LogP contribution in [0.4, 0.5) is 0 Å². The Morgan fingerprint density at radius 3 is 2.56 bits per heavy atom. The van der Waals surface area contributed by atoms with Gasteiger partial charge in [0.15, 0.2) is 0 Å². The van der Waals surface area contributed by atoms with Crippen LogP contribution in [0.5, 0.6) is 0 Å². The molecule has 0 aliphatic heterocycles. The number of aromatic nitrogens is 2. The molecule has 2 N–H and O–H groups in total. The van der Waals surface area contributed by atoms with Gasteiger partial charge in [0.1, 0.15) is 0 Å². The van der Waals surface area contributed by atoms with Crippen molar-refractivity contribution in [1.82, 2.24) is 14.9 Å². The SMILES string of the molecule is CC(N)C(=O)N(Cc1cnccn1)C(C)C. The molecule has 1 heterocycles. The summed E-state index contributed by atoms with van der Waals surface area (Å²) < 4.78 is 0. The number of carbonyl (C=O) groups excluding carboxylic acids is 1. The molecular weight excluding hydrogens is 204 g/mol. The Bertz CT molecular complexity index is 337. The normalized spacial score (nSPS) is 12.6. The maximum absolute atomic E-state index is 11.8. The van der Waals surface area contributed by atoms with Crippen LogP contribution in [0.15, 0.2) is 18.6 Å². The first-order chi connectivity index (χ1) is 7.52. The van der Waals surface area contributed by atoms with E-state index in [0.29, 0.717) is 6.54 Å². The zero-order valence-electron chi connectivity index (χ0n) is 9.92.